The van der Waals surface area contributed by atoms with Crippen LogP contribution < -0.4 is 14.4 Å². The van der Waals surface area contributed by atoms with Gasteiger partial charge in [-0.15, -0.1) is 10.2 Å². The molecule has 1 heterocycles. The number of anilines is 2. The molecule has 0 spiro atoms. The number of hydrogen-bond acceptors (Lipinski definition) is 6. The maximum absolute atomic E-state index is 15.0. The summed E-state index contributed by atoms with van der Waals surface area (Å²) in [5.74, 6) is -7.03. The molecule has 38 heavy (non-hydrogen) atoms. The summed E-state index contributed by atoms with van der Waals surface area (Å²) in [6.07, 6.45) is 0. The second kappa shape index (κ2) is 11.1. The van der Waals surface area contributed by atoms with Gasteiger partial charge in [0.25, 0.3) is 0 Å². The minimum Gasteiger partial charge on any atom is -0.493 e. The summed E-state index contributed by atoms with van der Waals surface area (Å²) in [5.41, 5.74) is -0.627. The van der Waals surface area contributed by atoms with Crippen LogP contribution in [-0.4, -0.2) is 34.9 Å². The first-order valence-corrected chi connectivity index (χ1v) is 11.8. The van der Waals surface area contributed by atoms with Gasteiger partial charge >= 0.3 is 0 Å². The summed E-state index contributed by atoms with van der Waals surface area (Å²) in [6.45, 7) is 1.19. The molecule has 1 amide bonds. The molecule has 3 aromatic carbocycles. The van der Waals surface area contributed by atoms with Crippen LogP contribution >= 0.6 is 11.8 Å². The molecule has 1 aromatic heterocycles. The van der Waals surface area contributed by atoms with Gasteiger partial charge < -0.3 is 9.47 Å². The Hall–Kier alpha value is -4.13. The van der Waals surface area contributed by atoms with Crippen molar-refractivity contribution in [1.29, 1.82) is 0 Å². The average molecular weight is 551 g/mol. The third-order valence-electron chi connectivity index (χ3n) is 5.42. The number of halogens is 5. The van der Waals surface area contributed by atoms with Gasteiger partial charge in [-0.1, -0.05) is 17.8 Å². The molecule has 4 rings (SSSR count). The Morgan fingerprint density at radius 1 is 0.895 bits per heavy atom. The quantitative estimate of drug-likeness (QED) is 0.153. The molecule has 0 N–H and O–H groups in total. The first-order chi connectivity index (χ1) is 18.2. The molecule has 0 bridgehead atoms. The van der Waals surface area contributed by atoms with Crippen molar-refractivity contribution in [3.63, 3.8) is 0 Å². The Bertz CT molecular complexity index is 1490. The Balaban J connectivity index is 1.89. The molecule has 0 aliphatic carbocycles. The third kappa shape index (κ3) is 5.01. The van der Waals surface area contributed by atoms with Gasteiger partial charge in [0.2, 0.25) is 11.9 Å². The molecule has 0 saturated carbocycles. The van der Waals surface area contributed by atoms with Crippen molar-refractivity contribution in [2.45, 2.75) is 17.8 Å². The molecule has 0 saturated heterocycles. The van der Waals surface area contributed by atoms with E-state index in [1.54, 1.807) is 0 Å². The van der Waals surface area contributed by atoms with Gasteiger partial charge in [-0.25, -0.2) is 26.9 Å². The molecular formula is C25H19F5N4O3S. The summed E-state index contributed by atoms with van der Waals surface area (Å²) in [5, 5.41) is 7.80. The van der Waals surface area contributed by atoms with Gasteiger partial charge in [0.05, 0.1) is 25.6 Å². The molecular weight excluding hydrogens is 531 g/mol. The normalized spacial score (nSPS) is 10.9. The molecule has 7 nitrogen and oxygen atoms in total. The van der Waals surface area contributed by atoms with Crippen LogP contribution in [0.4, 0.5) is 33.6 Å². The molecule has 198 valence electrons. The fourth-order valence-electron chi connectivity index (χ4n) is 3.61. The van der Waals surface area contributed by atoms with Crippen LogP contribution in [0.25, 0.3) is 5.69 Å². The van der Waals surface area contributed by atoms with E-state index in [1.165, 1.54) is 45.4 Å². The topological polar surface area (TPSA) is 69.5 Å². The van der Waals surface area contributed by atoms with Crippen molar-refractivity contribution < 1.29 is 36.2 Å². The summed E-state index contributed by atoms with van der Waals surface area (Å²) in [6, 6.07) is 9.41. The number of nitrogens with zero attached hydrogens (tertiary/aromatic N) is 4. The van der Waals surface area contributed by atoms with Crippen LogP contribution in [0.2, 0.25) is 0 Å². The number of benzene rings is 3. The molecule has 4 aromatic rings. The van der Waals surface area contributed by atoms with Crippen LogP contribution in [0.15, 0.2) is 53.7 Å². The summed E-state index contributed by atoms with van der Waals surface area (Å²) in [7, 11) is 2.81. The van der Waals surface area contributed by atoms with Crippen molar-refractivity contribution in [2.75, 3.05) is 19.1 Å². The number of amides is 1. The molecule has 0 aliphatic heterocycles. The lowest BCUT2D eigenvalue weighted by Crippen LogP contribution is -2.26. The highest BCUT2D eigenvalue weighted by Gasteiger charge is 2.28. The van der Waals surface area contributed by atoms with Crippen LogP contribution in [0.3, 0.4) is 0 Å². The van der Waals surface area contributed by atoms with Crippen molar-refractivity contribution in [3.8, 4) is 17.2 Å². The lowest BCUT2D eigenvalue weighted by Gasteiger charge is -2.22. The van der Waals surface area contributed by atoms with E-state index >= 15 is 4.39 Å². The number of methoxy groups -OCH3 is 2. The van der Waals surface area contributed by atoms with Crippen molar-refractivity contribution >= 4 is 29.3 Å². The highest BCUT2D eigenvalue weighted by molar-refractivity contribution is 7.98. The first-order valence-electron chi connectivity index (χ1n) is 10.9. The molecule has 13 heteroatoms. The van der Waals surface area contributed by atoms with Crippen molar-refractivity contribution in [2.24, 2.45) is 0 Å². The monoisotopic (exact) mass is 550 g/mol. The molecule has 0 aliphatic rings. The standard InChI is InChI=1S/C25H19F5N4O3S/c1-13(35)33(14-7-10-20(36-2)21(11-14)37-3)24-31-32-25(38-12-15-16(26)5-4-6-17(15)27)34(24)19-9-8-18(28)22(29)23(19)30/h4-11H,12H2,1-3H3. The van der Waals surface area contributed by atoms with Gasteiger partial charge in [-0.05, 0) is 36.4 Å². The second-order valence-electron chi connectivity index (χ2n) is 7.70. The van der Waals surface area contributed by atoms with Gasteiger partial charge in [-0.2, -0.15) is 0 Å². The largest absolute Gasteiger partial charge is 0.493 e. The second-order valence-corrected chi connectivity index (χ2v) is 8.64. The van der Waals surface area contributed by atoms with E-state index in [0.717, 1.165) is 39.4 Å². The number of ether oxygens (including phenoxy) is 2. The number of rotatable bonds is 8. The van der Waals surface area contributed by atoms with Crippen molar-refractivity contribution in [1.82, 2.24) is 14.8 Å². The van der Waals surface area contributed by atoms with Gasteiger partial charge in [0, 0.05) is 24.3 Å². The maximum atomic E-state index is 15.0. The van der Waals surface area contributed by atoms with E-state index in [9.17, 15) is 22.4 Å². The third-order valence-corrected chi connectivity index (χ3v) is 6.37. The highest BCUT2D eigenvalue weighted by Crippen LogP contribution is 2.37. The zero-order chi connectivity index (χ0) is 27.6. The fraction of sp³-hybridized carbons (Fsp3) is 0.160. The van der Waals surface area contributed by atoms with E-state index < -0.39 is 40.7 Å². The summed E-state index contributed by atoms with van der Waals surface area (Å²) < 4.78 is 82.9. The zero-order valence-corrected chi connectivity index (χ0v) is 21.0. The van der Waals surface area contributed by atoms with Gasteiger partial charge in [-0.3, -0.25) is 9.36 Å². The number of carbonyl (C=O) groups excluding carboxylic acids is 1. The predicted octanol–water partition coefficient (Wildman–Crippen LogP) is 5.96. The van der Waals surface area contributed by atoms with E-state index in [4.69, 9.17) is 9.47 Å². The number of thioether (sulfide) groups is 1. The van der Waals surface area contributed by atoms with Crippen LogP contribution in [0, 0.1) is 29.1 Å². The Kier molecular flexibility index (Phi) is 7.86. The lowest BCUT2D eigenvalue weighted by atomic mass is 10.2. The van der Waals surface area contributed by atoms with Gasteiger partial charge in [0.1, 0.15) is 11.6 Å². The number of aromatic nitrogens is 3. The minimum atomic E-state index is -1.77. The average Bonchev–Trinajstić information content (AvgIpc) is 3.29. The predicted molar refractivity (Wildman–Crippen MR) is 130 cm³/mol. The highest BCUT2D eigenvalue weighted by atomic mass is 32.2. The van der Waals surface area contributed by atoms with Crippen molar-refractivity contribution in [3.05, 3.63) is 83.2 Å². The fourth-order valence-corrected chi connectivity index (χ4v) is 4.57. The maximum Gasteiger partial charge on any atom is 0.244 e. The molecule has 0 radical (unpaired) electrons. The Morgan fingerprint density at radius 2 is 1.58 bits per heavy atom. The molecule has 0 unspecified atom stereocenters. The Morgan fingerprint density at radius 3 is 2.21 bits per heavy atom. The molecule has 0 fully saturated rings. The summed E-state index contributed by atoms with van der Waals surface area (Å²) in [4.78, 5) is 13.8. The van der Waals surface area contributed by atoms with Crippen LogP contribution in [0.5, 0.6) is 11.5 Å². The van der Waals surface area contributed by atoms with E-state index in [1.807, 2.05) is 0 Å². The zero-order valence-electron chi connectivity index (χ0n) is 20.1. The van der Waals surface area contributed by atoms with E-state index in [-0.39, 0.29) is 33.9 Å². The Labute approximate surface area is 217 Å². The van der Waals surface area contributed by atoms with Crippen LogP contribution in [0.1, 0.15) is 12.5 Å². The lowest BCUT2D eigenvalue weighted by molar-refractivity contribution is -0.115. The SMILES string of the molecule is COc1ccc(N(C(C)=O)c2nnc(SCc3c(F)cccc3F)n2-c2ccc(F)c(F)c2F)cc1OC. The van der Waals surface area contributed by atoms with Gasteiger partial charge in [0.15, 0.2) is 34.1 Å². The minimum absolute atomic E-state index is 0.153. The van der Waals surface area contributed by atoms with E-state index in [2.05, 4.69) is 10.2 Å². The number of hydrogen-bond donors (Lipinski definition) is 0. The summed E-state index contributed by atoms with van der Waals surface area (Å²) >= 11 is 0.745. The molecule has 0 atom stereocenters. The first kappa shape index (κ1) is 26.9. The van der Waals surface area contributed by atoms with Crippen LogP contribution in [-0.2, 0) is 10.5 Å². The van der Waals surface area contributed by atoms with E-state index in [0.29, 0.717) is 11.8 Å². The number of carbonyl (C=O) groups is 1. The smallest absolute Gasteiger partial charge is 0.244 e.